The van der Waals surface area contributed by atoms with Crippen LogP contribution in [0.4, 0.5) is 0 Å². The molecule has 1 aliphatic carbocycles. The highest BCUT2D eigenvalue weighted by molar-refractivity contribution is 4.94. The van der Waals surface area contributed by atoms with Crippen molar-refractivity contribution in [2.45, 2.75) is 58.1 Å². The van der Waals surface area contributed by atoms with E-state index < -0.39 is 0 Å². The van der Waals surface area contributed by atoms with Crippen LogP contribution in [0.2, 0.25) is 0 Å². The third-order valence-electron chi connectivity index (χ3n) is 3.64. The fraction of sp³-hybridized carbons (Fsp3) is 1.00. The van der Waals surface area contributed by atoms with Crippen LogP contribution in [-0.2, 0) is 4.74 Å². The van der Waals surface area contributed by atoms with Crippen molar-refractivity contribution in [3.8, 4) is 0 Å². The summed E-state index contributed by atoms with van der Waals surface area (Å²) in [4.78, 5) is 0. The van der Waals surface area contributed by atoms with Gasteiger partial charge in [-0.1, -0.05) is 19.8 Å². The molecule has 14 heavy (non-hydrogen) atoms. The van der Waals surface area contributed by atoms with Crippen molar-refractivity contribution in [3.63, 3.8) is 0 Å². The Morgan fingerprint density at radius 1 is 1.57 bits per heavy atom. The van der Waals surface area contributed by atoms with Gasteiger partial charge in [-0.2, -0.15) is 0 Å². The minimum atomic E-state index is 0.0984. The highest BCUT2D eigenvalue weighted by Gasteiger charge is 2.39. The van der Waals surface area contributed by atoms with Crippen molar-refractivity contribution in [1.82, 2.24) is 5.32 Å². The summed E-state index contributed by atoms with van der Waals surface area (Å²) in [6.45, 7) is 7.52. The zero-order valence-electron chi connectivity index (χ0n) is 10.1. The van der Waals surface area contributed by atoms with Crippen molar-refractivity contribution in [1.29, 1.82) is 0 Å². The van der Waals surface area contributed by atoms with E-state index in [-0.39, 0.29) is 5.60 Å². The molecule has 1 fully saturated rings. The van der Waals surface area contributed by atoms with Crippen LogP contribution in [0.25, 0.3) is 0 Å². The lowest BCUT2D eigenvalue weighted by Gasteiger charge is -2.44. The molecule has 84 valence electrons. The van der Waals surface area contributed by atoms with Crippen LogP contribution in [-0.4, -0.2) is 25.3 Å². The van der Waals surface area contributed by atoms with E-state index in [1.165, 1.54) is 25.7 Å². The van der Waals surface area contributed by atoms with Crippen LogP contribution in [0.5, 0.6) is 0 Å². The Hall–Kier alpha value is -0.0800. The Labute approximate surface area is 88.4 Å². The number of rotatable bonds is 4. The Kier molecular flexibility index (Phi) is 4.39. The molecule has 1 saturated carbocycles. The summed E-state index contributed by atoms with van der Waals surface area (Å²) >= 11 is 0. The number of hydrogen-bond donors (Lipinski definition) is 1. The van der Waals surface area contributed by atoms with Crippen LogP contribution in [0.15, 0.2) is 0 Å². The van der Waals surface area contributed by atoms with Crippen LogP contribution in [0.3, 0.4) is 0 Å². The Morgan fingerprint density at radius 3 is 2.79 bits per heavy atom. The van der Waals surface area contributed by atoms with Gasteiger partial charge in [0.2, 0.25) is 0 Å². The van der Waals surface area contributed by atoms with Crippen molar-refractivity contribution >= 4 is 0 Å². The largest absolute Gasteiger partial charge is 0.374 e. The first-order valence-corrected chi connectivity index (χ1v) is 5.96. The maximum atomic E-state index is 6.03. The van der Waals surface area contributed by atoms with Gasteiger partial charge in [-0.25, -0.2) is 0 Å². The summed E-state index contributed by atoms with van der Waals surface area (Å²) in [6.07, 6.45) is 5.11. The number of nitrogens with one attached hydrogen (secondary N) is 1. The molecule has 3 atom stereocenters. The maximum absolute atomic E-state index is 6.03. The van der Waals surface area contributed by atoms with Gasteiger partial charge in [0.25, 0.3) is 0 Å². The lowest BCUT2D eigenvalue weighted by atomic mass is 9.75. The molecule has 0 aromatic heterocycles. The molecule has 2 nitrogen and oxygen atoms in total. The zero-order chi connectivity index (χ0) is 10.6. The average molecular weight is 199 g/mol. The fourth-order valence-corrected chi connectivity index (χ4v) is 2.74. The van der Waals surface area contributed by atoms with Gasteiger partial charge in [-0.3, -0.25) is 0 Å². The van der Waals surface area contributed by atoms with Crippen LogP contribution >= 0.6 is 0 Å². The van der Waals surface area contributed by atoms with E-state index in [0.29, 0.717) is 6.04 Å². The van der Waals surface area contributed by atoms with Crippen LogP contribution < -0.4 is 5.32 Å². The second-order valence-electron chi connectivity index (χ2n) is 4.71. The molecule has 2 heteroatoms. The van der Waals surface area contributed by atoms with E-state index >= 15 is 0 Å². The summed E-state index contributed by atoms with van der Waals surface area (Å²) in [6, 6.07) is 0.463. The van der Waals surface area contributed by atoms with E-state index in [1.54, 1.807) is 0 Å². The number of ether oxygens (including phenoxy) is 1. The molecular weight excluding hydrogens is 174 g/mol. The van der Waals surface area contributed by atoms with Gasteiger partial charge in [-0.15, -0.1) is 0 Å². The molecular formula is C12H25NO. The van der Waals surface area contributed by atoms with Gasteiger partial charge in [0, 0.05) is 12.6 Å². The van der Waals surface area contributed by atoms with E-state index in [9.17, 15) is 0 Å². The van der Waals surface area contributed by atoms with Crippen molar-refractivity contribution < 1.29 is 4.74 Å². The Balaban J connectivity index is 2.68. The van der Waals surface area contributed by atoms with Gasteiger partial charge in [0.05, 0.1) is 5.60 Å². The lowest BCUT2D eigenvalue weighted by Crippen LogP contribution is -2.52. The van der Waals surface area contributed by atoms with Crippen LogP contribution in [0.1, 0.15) is 46.5 Å². The molecule has 0 saturated heterocycles. The Morgan fingerprint density at radius 2 is 2.29 bits per heavy atom. The summed E-state index contributed by atoms with van der Waals surface area (Å²) in [5, 5.41) is 3.36. The first-order valence-electron chi connectivity index (χ1n) is 5.96. The third-order valence-corrected chi connectivity index (χ3v) is 3.64. The van der Waals surface area contributed by atoms with Gasteiger partial charge in [0.1, 0.15) is 0 Å². The predicted octanol–water partition coefficient (Wildman–Crippen LogP) is 2.58. The first-order chi connectivity index (χ1) is 6.64. The SMILES string of the molecule is CCOC1(C(C)NC)CCCC(C)C1. The molecule has 3 unspecified atom stereocenters. The molecule has 0 aliphatic heterocycles. The molecule has 0 radical (unpaired) electrons. The van der Waals surface area contributed by atoms with Gasteiger partial charge in [-0.05, 0) is 39.7 Å². The minimum Gasteiger partial charge on any atom is -0.374 e. The maximum Gasteiger partial charge on any atom is 0.0834 e. The highest BCUT2D eigenvalue weighted by atomic mass is 16.5. The minimum absolute atomic E-state index is 0.0984. The quantitative estimate of drug-likeness (QED) is 0.751. The zero-order valence-corrected chi connectivity index (χ0v) is 10.1. The third kappa shape index (κ3) is 2.48. The fourth-order valence-electron chi connectivity index (χ4n) is 2.74. The molecule has 1 N–H and O–H groups in total. The van der Waals surface area contributed by atoms with E-state index in [2.05, 4.69) is 26.1 Å². The molecule has 1 aliphatic rings. The molecule has 0 spiro atoms. The number of likely N-dealkylation sites (N-methyl/N-ethyl adjacent to an activating group) is 1. The molecule has 0 amide bonds. The molecule has 0 heterocycles. The standard InChI is InChI=1S/C12H25NO/c1-5-14-12(11(3)13-4)8-6-7-10(2)9-12/h10-11,13H,5-9H2,1-4H3. The smallest absolute Gasteiger partial charge is 0.0834 e. The normalized spacial score (nSPS) is 35.6. The predicted molar refractivity (Wildman–Crippen MR) is 60.5 cm³/mol. The van der Waals surface area contributed by atoms with Crippen LogP contribution in [0, 0.1) is 5.92 Å². The van der Waals surface area contributed by atoms with E-state index in [0.717, 1.165) is 12.5 Å². The lowest BCUT2D eigenvalue weighted by molar-refractivity contribution is -0.0951. The summed E-state index contributed by atoms with van der Waals surface area (Å²) in [7, 11) is 2.03. The second-order valence-corrected chi connectivity index (χ2v) is 4.71. The van der Waals surface area contributed by atoms with Crippen molar-refractivity contribution in [2.24, 2.45) is 5.92 Å². The van der Waals surface area contributed by atoms with Crippen molar-refractivity contribution in [3.05, 3.63) is 0 Å². The summed E-state index contributed by atoms with van der Waals surface area (Å²) < 4.78 is 6.03. The van der Waals surface area contributed by atoms with E-state index in [1.807, 2.05) is 7.05 Å². The topological polar surface area (TPSA) is 21.3 Å². The highest BCUT2D eigenvalue weighted by Crippen LogP contribution is 2.37. The Bertz CT molecular complexity index is 168. The summed E-state index contributed by atoms with van der Waals surface area (Å²) in [5.74, 6) is 0.811. The van der Waals surface area contributed by atoms with Crippen molar-refractivity contribution in [2.75, 3.05) is 13.7 Å². The monoisotopic (exact) mass is 199 g/mol. The first kappa shape index (κ1) is 12.0. The van der Waals surface area contributed by atoms with Gasteiger partial charge < -0.3 is 10.1 Å². The second kappa shape index (κ2) is 5.13. The molecule has 0 aromatic rings. The molecule has 0 bridgehead atoms. The number of hydrogen-bond acceptors (Lipinski definition) is 2. The van der Waals surface area contributed by atoms with Gasteiger partial charge >= 0.3 is 0 Å². The van der Waals surface area contributed by atoms with E-state index in [4.69, 9.17) is 4.74 Å². The molecule has 0 aromatic carbocycles. The molecule has 1 rings (SSSR count). The average Bonchev–Trinajstić information content (AvgIpc) is 2.17. The van der Waals surface area contributed by atoms with Gasteiger partial charge in [0.15, 0.2) is 0 Å². The summed E-state index contributed by atoms with van der Waals surface area (Å²) in [5.41, 5.74) is 0.0984.